The summed E-state index contributed by atoms with van der Waals surface area (Å²) in [5.74, 6) is 1.53. The monoisotopic (exact) mass is 513 g/mol. The maximum absolute atomic E-state index is 6.65. The van der Waals surface area contributed by atoms with E-state index in [1.54, 1.807) is 0 Å². The Balaban J connectivity index is 2.26. The van der Waals surface area contributed by atoms with Crippen LogP contribution in [0.25, 0.3) is 0 Å². The molecule has 0 bridgehead atoms. The molecule has 2 aromatic carbocycles. The lowest BCUT2D eigenvalue weighted by Crippen LogP contribution is -2.26. The first-order valence-corrected chi connectivity index (χ1v) is 11.7. The van der Waals surface area contributed by atoms with Crippen LogP contribution in [0.5, 0.6) is 5.75 Å². The molecule has 0 fully saturated rings. The highest BCUT2D eigenvalue weighted by Gasteiger charge is 2.41. The Hall–Kier alpha value is -1.23. The maximum Gasteiger partial charge on any atom is 0.207 e. The van der Waals surface area contributed by atoms with Crippen molar-refractivity contribution in [2.45, 2.75) is 32.9 Å². The van der Waals surface area contributed by atoms with Gasteiger partial charge in [0.1, 0.15) is 11.5 Å². The minimum Gasteiger partial charge on any atom is -0.457 e. The van der Waals surface area contributed by atoms with Crippen LogP contribution in [0.4, 0.5) is 5.69 Å². The van der Waals surface area contributed by atoms with E-state index in [1.807, 2.05) is 67.6 Å². The third-order valence-electron chi connectivity index (χ3n) is 4.05. The number of aryl methyl sites for hydroxylation is 1. The smallest absolute Gasteiger partial charge is 0.207 e. The fourth-order valence-electron chi connectivity index (χ4n) is 2.66. The van der Waals surface area contributed by atoms with Crippen LogP contribution in [-0.2, 0) is 0 Å². The van der Waals surface area contributed by atoms with Gasteiger partial charge in [0.25, 0.3) is 0 Å². The van der Waals surface area contributed by atoms with E-state index in [2.05, 4.69) is 43.4 Å². The Morgan fingerprint density at radius 2 is 1.74 bits per heavy atom. The van der Waals surface area contributed by atoms with E-state index in [0.717, 1.165) is 20.5 Å². The Morgan fingerprint density at radius 3 is 2.30 bits per heavy atom. The minimum absolute atomic E-state index is 0.289. The third-order valence-corrected chi connectivity index (χ3v) is 8.65. The molecule has 27 heavy (non-hydrogen) atoms. The topological polar surface area (TPSA) is 34.7 Å². The van der Waals surface area contributed by atoms with Crippen molar-refractivity contribution in [3.8, 4) is 5.75 Å². The first kappa shape index (κ1) is 20.5. The molecule has 1 atom stereocenters. The van der Waals surface area contributed by atoms with E-state index in [4.69, 9.17) is 25.3 Å². The summed E-state index contributed by atoms with van der Waals surface area (Å²) in [5, 5.41) is 0.340. The van der Waals surface area contributed by atoms with E-state index < -0.39 is 7.28 Å². The van der Waals surface area contributed by atoms with E-state index >= 15 is 0 Å². The van der Waals surface area contributed by atoms with Gasteiger partial charge in [-0.25, -0.2) is 4.74 Å². The van der Waals surface area contributed by atoms with Crippen molar-refractivity contribution in [3.05, 3.63) is 75.0 Å². The molecule has 0 saturated carbocycles. The lowest BCUT2D eigenvalue weighted by atomic mass is 10.3. The van der Waals surface area contributed by atoms with Crippen molar-refractivity contribution in [3.63, 3.8) is 0 Å². The van der Waals surface area contributed by atoms with E-state index in [9.17, 15) is 0 Å². The molecule has 1 heterocycles. The number of rotatable bonds is 4. The summed E-state index contributed by atoms with van der Waals surface area (Å²) in [6.07, 6.45) is 0. The molecule has 0 spiro atoms. The lowest BCUT2D eigenvalue weighted by molar-refractivity contribution is 0.527. The quantitative estimate of drug-likeness (QED) is 0.263. The van der Waals surface area contributed by atoms with Crippen LogP contribution >= 0.6 is 41.5 Å². The number of benzene rings is 2. The Morgan fingerprint density at radius 1 is 1.04 bits per heavy atom. The summed E-state index contributed by atoms with van der Waals surface area (Å²) < 4.78 is 19.0. The van der Waals surface area contributed by atoms with Crippen LogP contribution in [0.15, 0.2) is 69.8 Å². The van der Waals surface area contributed by atoms with Gasteiger partial charge in [0.05, 0.1) is 5.69 Å². The Labute approximate surface area is 179 Å². The van der Waals surface area contributed by atoms with Crippen molar-refractivity contribution in [2.24, 2.45) is 4.74 Å². The van der Waals surface area contributed by atoms with Crippen LogP contribution in [0.1, 0.15) is 26.5 Å². The predicted molar refractivity (Wildman–Crippen MR) is 123 cm³/mol. The van der Waals surface area contributed by atoms with E-state index in [-0.39, 0.29) is 5.16 Å². The molecule has 3 nitrogen and oxygen atoms in total. The van der Waals surface area contributed by atoms with Gasteiger partial charge in [-0.05, 0) is 84.1 Å². The summed E-state index contributed by atoms with van der Waals surface area (Å²) in [4.78, 5) is 0. The summed E-state index contributed by atoms with van der Waals surface area (Å²) >= 11 is 8.48. The van der Waals surface area contributed by atoms with Gasteiger partial charge in [-0.1, -0.05) is 38.4 Å². The lowest BCUT2D eigenvalue weighted by Gasteiger charge is -2.35. The predicted octanol–water partition coefficient (Wildman–Crippen LogP) is 7.80. The average Bonchev–Trinajstić information content (AvgIpc) is 3.02. The maximum atomic E-state index is 6.65. The highest BCUT2D eigenvalue weighted by molar-refractivity contribution is 14.1. The SMILES string of the molecule is Cc1ccc([P@](=Nc2ccc(I)cc2)(Oc2cccc(Cl)c2)C(C)(C)C)o1. The molecule has 0 aliphatic carbocycles. The first-order chi connectivity index (χ1) is 12.7. The summed E-state index contributed by atoms with van der Waals surface area (Å²) in [6, 6.07) is 19.5. The molecular formula is C21H22ClINO2P. The van der Waals surface area contributed by atoms with Crippen molar-refractivity contribution in [1.29, 1.82) is 0 Å². The van der Waals surface area contributed by atoms with Crippen LogP contribution in [0, 0.1) is 10.5 Å². The molecule has 6 heteroatoms. The molecule has 3 rings (SSSR count). The molecule has 1 aromatic heterocycles. The second kappa shape index (κ2) is 8.02. The van der Waals surface area contributed by atoms with Gasteiger partial charge >= 0.3 is 0 Å². The Kier molecular flexibility index (Phi) is 6.09. The molecule has 0 aliphatic heterocycles. The normalized spacial score (nSPS) is 13.9. The van der Waals surface area contributed by atoms with E-state index in [1.165, 1.54) is 0 Å². The molecule has 0 unspecified atom stereocenters. The number of halogens is 2. The van der Waals surface area contributed by atoms with Gasteiger partial charge in [0, 0.05) is 13.7 Å². The van der Waals surface area contributed by atoms with Gasteiger partial charge in [-0.15, -0.1) is 0 Å². The number of hydrogen-bond acceptors (Lipinski definition) is 3. The zero-order chi connectivity index (χ0) is 19.7. The van der Waals surface area contributed by atoms with Crippen molar-refractivity contribution < 1.29 is 8.94 Å². The molecule has 0 radical (unpaired) electrons. The second-order valence-electron chi connectivity index (χ2n) is 7.26. The highest BCUT2D eigenvalue weighted by Crippen LogP contribution is 2.62. The summed E-state index contributed by atoms with van der Waals surface area (Å²) in [5.41, 5.74) is 1.64. The van der Waals surface area contributed by atoms with Crippen LogP contribution in [-0.4, -0.2) is 5.16 Å². The van der Waals surface area contributed by atoms with E-state index in [0.29, 0.717) is 10.8 Å². The average molecular weight is 514 g/mol. The fraction of sp³-hybridized carbons (Fsp3) is 0.238. The summed E-state index contributed by atoms with van der Waals surface area (Å²) in [6.45, 7) is 8.35. The number of hydrogen-bond donors (Lipinski definition) is 0. The van der Waals surface area contributed by atoms with Gasteiger partial charge in [-0.3, -0.25) is 0 Å². The van der Waals surface area contributed by atoms with Crippen LogP contribution in [0.3, 0.4) is 0 Å². The second-order valence-corrected chi connectivity index (χ2v) is 12.3. The number of nitrogens with zero attached hydrogens (tertiary/aromatic N) is 1. The molecule has 0 aliphatic rings. The van der Waals surface area contributed by atoms with Gasteiger partial charge in [0.2, 0.25) is 7.28 Å². The highest BCUT2D eigenvalue weighted by atomic mass is 127. The third kappa shape index (κ3) is 4.61. The fourth-order valence-corrected chi connectivity index (χ4v) is 6.09. The van der Waals surface area contributed by atoms with Crippen molar-refractivity contribution in [1.82, 2.24) is 0 Å². The molecule has 3 aromatic rings. The van der Waals surface area contributed by atoms with Gasteiger partial charge in [0.15, 0.2) is 5.50 Å². The molecule has 0 amide bonds. The molecule has 142 valence electrons. The first-order valence-electron chi connectivity index (χ1n) is 8.60. The minimum atomic E-state index is -2.59. The van der Waals surface area contributed by atoms with Gasteiger partial charge in [-0.2, -0.15) is 0 Å². The molecule has 0 saturated heterocycles. The van der Waals surface area contributed by atoms with Crippen molar-refractivity contribution in [2.75, 3.05) is 0 Å². The standard InChI is InChI=1S/C21H22ClINO2P/c1-15-8-13-20(25-15)27(21(2,3)4,24-18-11-9-17(23)10-12-18)26-19-7-5-6-16(22)14-19/h5-14H,1-4H3/t27-/m0/s1. The molecular weight excluding hydrogens is 492 g/mol. The summed E-state index contributed by atoms with van der Waals surface area (Å²) in [7, 11) is -2.59. The largest absolute Gasteiger partial charge is 0.457 e. The molecule has 0 N–H and O–H groups in total. The van der Waals surface area contributed by atoms with Crippen LogP contribution < -0.4 is 10.0 Å². The van der Waals surface area contributed by atoms with Crippen LogP contribution in [0.2, 0.25) is 5.02 Å². The van der Waals surface area contributed by atoms with Gasteiger partial charge < -0.3 is 8.94 Å². The zero-order valence-corrected chi connectivity index (χ0v) is 19.5. The Bertz CT molecular complexity index is 990. The van der Waals surface area contributed by atoms with Crippen molar-refractivity contribution >= 4 is 52.7 Å². The zero-order valence-electron chi connectivity index (χ0n) is 15.7. The number of furan rings is 1.